The summed E-state index contributed by atoms with van der Waals surface area (Å²) in [6.45, 7) is 5.53. The first-order valence-corrected chi connectivity index (χ1v) is 5.57. The number of carbonyl (C=O) groups is 3. The van der Waals surface area contributed by atoms with E-state index in [9.17, 15) is 14.4 Å². The molecule has 0 aromatic heterocycles. The van der Waals surface area contributed by atoms with Gasteiger partial charge in [0.25, 0.3) is 0 Å². The quantitative estimate of drug-likeness (QED) is 0.525. The standard InChI is InChI=1S/C12H17NO3/c1-10(2)11(3)5-6-12(10,9(16)13-4)8(15)7(11)14/h5-6H2,1-4H3,(H,13,16)/t11-,12+/m1/s1. The number of Topliss-reactive ketones (excluding diaryl/α,β-unsaturated/α-hetero) is 2. The summed E-state index contributed by atoms with van der Waals surface area (Å²) in [6, 6.07) is 0. The largest absolute Gasteiger partial charge is 0.358 e. The summed E-state index contributed by atoms with van der Waals surface area (Å²) >= 11 is 0. The molecule has 1 N–H and O–H groups in total. The van der Waals surface area contributed by atoms with E-state index in [1.807, 2.05) is 20.8 Å². The molecule has 2 bridgehead atoms. The molecule has 2 fully saturated rings. The van der Waals surface area contributed by atoms with Crippen LogP contribution >= 0.6 is 0 Å². The van der Waals surface area contributed by atoms with Gasteiger partial charge in [0.15, 0.2) is 0 Å². The lowest BCUT2D eigenvalue weighted by molar-refractivity contribution is -0.149. The number of carbonyl (C=O) groups excluding carboxylic acids is 3. The van der Waals surface area contributed by atoms with Crippen molar-refractivity contribution in [2.24, 2.45) is 16.2 Å². The Bertz CT molecular complexity index is 412. The van der Waals surface area contributed by atoms with Gasteiger partial charge in [-0.1, -0.05) is 20.8 Å². The molecule has 0 aromatic rings. The Kier molecular flexibility index (Phi) is 1.93. The maximum Gasteiger partial charge on any atom is 0.234 e. The molecule has 0 unspecified atom stereocenters. The molecular weight excluding hydrogens is 206 g/mol. The molecule has 1 amide bonds. The highest BCUT2D eigenvalue weighted by Gasteiger charge is 2.77. The number of fused-ring (bicyclic) bond motifs is 2. The molecule has 2 aliphatic carbocycles. The van der Waals surface area contributed by atoms with Crippen molar-refractivity contribution < 1.29 is 14.4 Å². The molecule has 4 nitrogen and oxygen atoms in total. The van der Waals surface area contributed by atoms with Crippen molar-refractivity contribution in [3.63, 3.8) is 0 Å². The molecular formula is C12H17NO3. The van der Waals surface area contributed by atoms with Crippen molar-refractivity contribution in [2.45, 2.75) is 33.6 Å². The summed E-state index contributed by atoms with van der Waals surface area (Å²) in [5.41, 5.74) is -2.39. The van der Waals surface area contributed by atoms with Crippen LogP contribution in [-0.4, -0.2) is 24.5 Å². The van der Waals surface area contributed by atoms with Crippen LogP contribution in [0.1, 0.15) is 33.6 Å². The second-order valence-electron chi connectivity index (χ2n) is 5.60. The summed E-state index contributed by atoms with van der Waals surface area (Å²) in [7, 11) is 1.51. The van der Waals surface area contributed by atoms with Crippen molar-refractivity contribution in [1.29, 1.82) is 0 Å². The van der Waals surface area contributed by atoms with E-state index in [0.29, 0.717) is 12.8 Å². The lowest BCUT2D eigenvalue weighted by atomic mass is 9.64. The molecule has 0 radical (unpaired) electrons. The number of hydrogen-bond donors (Lipinski definition) is 1. The van der Waals surface area contributed by atoms with Gasteiger partial charge < -0.3 is 5.32 Å². The Labute approximate surface area is 94.8 Å². The van der Waals surface area contributed by atoms with Crippen LogP contribution in [0.4, 0.5) is 0 Å². The van der Waals surface area contributed by atoms with Crippen LogP contribution in [0.25, 0.3) is 0 Å². The zero-order valence-electron chi connectivity index (χ0n) is 10.1. The molecule has 88 valence electrons. The summed E-state index contributed by atoms with van der Waals surface area (Å²) in [6.07, 6.45) is 1.11. The summed E-state index contributed by atoms with van der Waals surface area (Å²) in [5.74, 6) is -1.17. The van der Waals surface area contributed by atoms with E-state index < -0.39 is 22.0 Å². The van der Waals surface area contributed by atoms with E-state index in [1.165, 1.54) is 7.05 Å². The predicted octanol–water partition coefficient (Wildman–Crippen LogP) is 0.697. The Morgan fingerprint density at radius 2 is 1.69 bits per heavy atom. The highest BCUT2D eigenvalue weighted by atomic mass is 16.2. The molecule has 2 aliphatic rings. The monoisotopic (exact) mass is 223 g/mol. The maximum absolute atomic E-state index is 12.1. The number of ketones is 2. The molecule has 0 aliphatic heterocycles. The second-order valence-corrected chi connectivity index (χ2v) is 5.60. The van der Waals surface area contributed by atoms with Crippen LogP contribution in [0.2, 0.25) is 0 Å². The minimum absolute atomic E-state index is 0.308. The first kappa shape index (κ1) is 11.3. The number of rotatable bonds is 1. The first-order valence-electron chi connectivity index (χ1n) is 5.57. The third-order valence-electron chi connectivity index (χ3n) is 5.16. The lowest BCUT2D eigenvalue weighted by Crippen LogP contribution is -2.49. The molecule has 4 heteroatoms. The summed E-state index contributed by atoms with van der Waals surface area (Å²) in [5, 5.41) is 2.54. The minimum atomic E-state index is -1.13. The van der Waals surface area contributed by atoms with Crippen molar-refractivity contribution in [3.8, 4) is 0 Å². The van der Waals surface area contributed by atoms with E-state index in [4.69, 9.17) is 0 Å². The van der Waals surface area contributed by atoms with Crippen molar-refractivity contribution in [3.05, 3.63) is 0 Å². The fourth-order valence-corrected chi connectivity index (χ4v) is 3.49. The van der Waals surface area contributed by atoms with Gasteiger partial charge in [-0.05, 0) is 18.3 Å². The number of amides is 1. The molecule has 0 heterocycles. The van der Waals surface area contributed by atoms with Gasteiger partial charge in [-0.15, -0.1) is 0 Å². The highest BCUT2D eigenvalue weighted by molar-refractivity contribution is 6.48. The molecule has 2 atom stereocenters. The van der Waals surface area contributed by atoms with E-state index in [-0.39, 0.29) is 11.7 Å². The third kappa shape index (κ3) is 0.782. The summed E-state index contributed by atoms with van der Waals surface area (Å²) < 4.78 is 0. The molecule has 0 saturated heterocycles. The van der Waals surface area contributed by atoms with Crippen LogP contribution in [0.15, 0.2) is 0 Å². The minimum Gasteiger partial charge on any atom is -0.358 e. The fourth-order valence-electron chi connectivity index (χ4n) is 3.49. The van der Waals surface area contributed by atoms with Gasteiger partial charge in [-0.25, -0.2) is 0 Å². The van der Waals surface area contributed by atoms with Crippen LogP contribution in [-0.2, 0) is 14.4 Å². The molecule has 16 heavy (non-hydrogen) atoms. The van der Waals surface area contributed by atoms with Crippen molar-refractivity contribution >= 4 is 17.5 Å². The molecule has 2 rings (SSSR count). The highest BCUT2D eigenvalue weighted by Crippen LogP contribution is 2.68. The van der Waals surface area contributed by atoms with Gasteiger partial charge in [0.05, 0.1) is 0 Å². The maximum atomic E-state index is 12.1. The molecule has 0 spiro atoms. The van der Waals surface area contributed by atoms with Gasteiger partial charge in [-0.3, -0.25) is 14.4 Å². The van der Waals surface area contributed by atoms with Crippen LogP contribution in [0.3, 0.4) is 0 Å². The van der Waals surface area contributed by atoms with E-state index in [1.54, 1.807) is 0 Å². The van der Waals surface area contributed by atoms with Crippen molar-refractivity contribution in [1.82, 2.24) is 5.32 Å². The number of nitrogens with one attached hydrogen (secondary N) is 1. The Balaban J connectivity index is 2.68. The third-order valence-corrected chi connectivity index (χ3v) is 5.16. The topological polar surface area (TPSA) is 63.2 Å². The Morgan fingerprint density at radius 1 is 1.12 bits per heavy atom. The predicted molar refractivity (Wildman–Crippen MR) is 57.6 cm³/mol. The smallest absolute Gasteiger partial charge is 0.234 e. The van der Waals surface area contributed by atoms with E-state index >= 15 is 0 Å². The van der Waals surface area contributed by atoms with E-state index in [0.717, 1.165) is 0 Å². The normalized spacial score (nSPS) is 40.2. The van der Waals surface area contributed by atoms with Crippen LogP contribution < -0.4 is 5.32 Å². The van der Waals surface area contributed by atoms with Gasteiger partial charge in [-0.2, -0.15) is 0 Å². The van der Waals surface area contributed by atoms with Crippen LogP contribution in [0.5, 0.6) is 0 Å². The number of hydrogen-bond acceptors (Lipinski definition) is 3. The van der Waals surface area contributed by atoms with Gasteiger partial charge >= 0.3 is 0 Å². The van der Waals surface area contributed by atoms with Gasteiger partial charge in [0.1, 0.15) is 5.41 Å². The zero-order valence-corrected chi connectivity index (χ0v) is 10.1. The average Bonchev–Trinajstić information content (AvgIpc) is 2.51. The fraction of sp³-hybridized carbons (Fsp3) is 0.750. The Morgan fingerprint density at radius 3 is 2.06 bits per heavy atom. The van der Waals surface area contributed by atoms with Gasteiger partial charge in [0, 0.05) is 12.5 Å². The average molecular weight is 223 g/mol. The first-order chi connectivity index (χ1) is 7.25. The molecule has 2 saturated carbocycles. The van der Waals surface area contributed by atoms with Crippen molar-refractivity contribution in [2.75, 3.05) is 7.05 Å². The van der Waals surface area contributed by atoms with Crippen LogP contribution in [0, 0.1) is 16.2 Å². The van der Waals surface area contributed by atoms with E-state index in [2.05, 4.69) is 5.32 Å². The Hall–Kier alpha value is -1.19. The SMILES string of the molecule is CNC(=O)[C@]12CC[C@](C)(C(=O)C1=O)C2(C)C. The lowest BCUT2D eigenvalue weighted by Gasteiger charge is -2.36. The zero-order chi connectivity index (χ0) is 12.4. The van der Waals surface area contributed by atoms with Gasteiger partial charge in [0.2, 0.25) is 17.5 Å². The second kappa shape index (κ2) is 2.73. The summed E-state index contributed by atoms with van der Waals surface area (Å²) in [4.78, 5) is 36.1. The molecule has 0 aromatic carbocycles.